The zero-order valence-electron chi connectivity index (χ0n) is 15.4. The first-order chi connectivity index (χ1) is 12.2. The van der Waals surface area contributed by atoms with Crippen LogP contribution in [0.3, 0.4) is 0 Å². The molecule has 0 atom stereocenters. The summed E-state index contributed by atoms with van der Waals surface area (Å²) in [6.07, 6.45) is 5.37. The van der Waals surface area contributed by atoms with Crippen molar-refractivity contribution in [3.63, 3.8) is 0 Å². The Morgan fingerprint density at radius 1 is 1.19 bits per heavy atom. The Labute approximate surface area is 172 Å². The van der Waals surface area contributed by atoms with Gasteiger partial charge in [0.1, 0.15) is 11.6 Å². The van der Waals surface area contributed by atoms with Gasteiger partial charge < -0.3 is 20.5 Å². The standard InChI is InChI=1S/C19H30FN3O2.HI/c1-2-21-19(23-16-7-9-17(24)10-8-16)22-13-3-4-14-25-18-11-5-15(20)6-12-18;/h5-6,11-12,16-17,24H,2-4,7-10,13-14H2,1H3,(H2,21,22,23);1H. The van der Waals surface area contributed by atoms with Crippen LogP contribution in [0.1, 0.15) is 45.4 Å². The summed E-state index contributed by atoms with van der Waals surface area (Å²) in [5, 5.41) is 16.3. The first kappa shape index (κ1) is 23.0. The summed E-state index contributed by atoms with van der Waals surface area (Å²) in [5.41, 5.74) is 0. The largest absolute Gasteiger partial charge is 0.494 e. The van der Waals surface area contributed by atoms with Crippen LogP contribution >= 0.6 is 24.0 Å². The molecule has 1 aliphatic carbocycles. The third-order valence-corrected chi connectivity index (χ3v) is 4.29. The summed E-state index contributed by atoms with van der Waals surface area (Å²) in [4.78, 5) is 4.61. The molecule has 2 rings (SSSR count). The Morgan fingerprint density at radius 2 is 1.88 bits per heavy atom. The van der Waals surface area contributed by atoms with Crippen LogP contribution in [0, 0.1) is 5.82 Å². The molecule has 1 fully saturated rings. The zero-order valence-corrected chi connectivity index (χ0v) is 17.7. The molecule has 0 radical (unpaired) electrons. The Morgan fingerprint density at radius 3 is 2.54 bits per heavy atom. The molecular weight excluding hydrogens is 448 g/mol. The Kier molecular flexibility index (Phi) is 11.6. The molecule has 0 saturated heterocycles. The fraction of sp³-hybridized carbons (Fsp3) is 0.632. The highest BCUT2D eigenvalue weighted by atomic mass is 127. The zero-order chi connectivity index (χ0) is 17.9. The first-order valence-corrected chi connectivity index (χ1v) is 9.28. The number of aliphatic hydroxyl groups excluding tert-OH is 1. The summed E-state index contributed by atoms with van der Waals surface area (Å²) < 4.78 is 18.4. The van der Waals surface area contributed by atoms with Gasteiger partial charge in [-0.25, -0.2) is 4.39 Å². The molecule has 0 aliphatic heterocycles. The van der Waals surface area contributed by atoms with E-state index < -0.39 is 0 Å². The molecule has 26 heavy (non-hydrogen) atoms. The van der Waals surface area contributed by atoms with Gasteiger partial charge in [0.25, 0.3) is 0 Å². The number of hydrogen-bond donors (Lipinski definition) is 3. The predicted octanol–water partition coefficient (Wildman–Crippen LogP) is 3.46. The van der Waals surface area contributed by atoms with E-state index in [1.54, 1.807) is 12.1 Å². The molecule has 1 saturated carbocycles. The maximum Gasteiger partial charge on any atom is 0.191 e. The van der Waals surface area contributed by atoms with Crippen LogP contribution in [-0.2, 0) is 0 Å². The maximum atomic E-state index is 12.8. The number of aliphatic imine (C=N–C) groups is 1. The number of aliphatic hydroxyl groups is 1. The fourth-order valence-electron chi connectivity index (χ4n) is 2.86. The molecule has 7 heteroatoms. The highest BCUT2D eigenvalue weighted by Gasteiger charge is 2.19. The number of guanidine groups is 1. The lowest BCUT2D eigenvalue weighted by Crippen LogP contribution is -2.45. The van der Waals surface area contributed by atoms with Crippen LogP contribution in [0.5, 0.6) is 5.75 Å². The minimum atomic E-state index is -0.252. The van der Waals surface area contributed by atoms with Crippen LogP contribution in [0.25, 0.3) is 0 Å². The summed E-state index contributed by atoms with van der Waals surface area (Å²) in [6, 6.07) is 6.48. The molecule has 1 aromatic rings. The van der Waals surface area contributed by atoms with Crippen molar-refractivity contribution in [3.05, 3.63) is 30.1 Å². The van der Waals surface area contributed by atoms with Crippen molar-refractivity contribution in [2.24, 2.45) is 4.99 Å². The van der Waals surface area contributed by atoms with Crippen LogP contribution in [0.2, 0.25) is 0 Å². The smallest absolute Gasteiger partial charge is 0.191 e. The number of hydrogen-bond acceptors (Lipinski definition) is 3. The second-order valence-electron chi connectivity index (χ2n) is 6.42. The van der Waals surface area contributed by atoms with E-state index in [1.807, 2.05) is 0 Å². The van der Waals surface area contributed by atoms with Gasteiger partial charge >= 0.3 is 0 Å². The molecule has 0 aromatic heterocycles. The molecule has 148 valence electrons. The van der Waals surface area contributed by atoms with E-state index in [9.17, 15) is 9.50 Å². The number of rotatable bonds is 8. The Hall–Kier alpha value is -1.09. The Bertz CT molecular complexity index is 520. The fourth-order valence-corrected chi connectivity index (χ4v) is 2.86. The molecule has 0 bridgehead atoms. The second-order valence-corrected chi connectivity index (χ2v) is 6.42. The SMILES string of the molecule is CCNC(=NCCCCOc1ccc(F)cc1)NC1CCC(O)CC1.I. The van der Waals surface area contributed by atoms with E-state index in [0.717, 1.165) is 57.6 Å². The normalized spacial score (nSPS) is 20.2. The van der Waals surface area contributed by atoms with Gasteiger partial charge in [-0.05, 0) is 69.7 Å². The molecule has 0 amide bonds. The van der Waals surface area contributed by atoms with E-state index in [4.69, 9.17) is 4.74 Å². The average Bonchev–Trinajstić information content (AvgIpc) is 2.61. The van der Waals surface area contributed by atoms with E-state index in [1.165, 1.54) is 12.1 Å². The molecule has 1 aliphatic rings. The van der Waals surface area contributed by atoms with Crippen molar-refractivity contribution in [1.29, 1.82) is 0 Å². The molecule has 0 heterocycles. The van der Waals surface area contributed by atoms with Gasteiger partial charge in [-0.1, -0.05) is 0 Å². The highest BCUT2D eigenvalue weighted by Crippen LogP contribution is 2.18. The lowest BCUT2D eigenvalue weighted by atomic mass is 9.93. The minimum Gasteiger partial charge on any atom is -0.494 e. The monoisotopic (exact) mass is 479 g/mol. The van der Waals surface area contributed by atoms with Crippen molar-refractivity contribution in [3.8, 4) is 5.75 Å². The topological polar surface area (TPSA) is 65.9 Å². The third kappa shape index (κ3) is 9.02. The highest BCUT2D eigenvalue weighted by molar-refractivity contribution is 14.0. The van der Waals surface area contributed by atoms with Gasteiger partial charge in [-0.3, -0.25) is 4.99 Å². The van der Waals surface area contributed by atoms with Crippen molar-refractivity contribution in [2.45, 2.75) is 57.6 Å². The van der Waals surface area contributed by atoms with Crippen LogP contribution in [0.4, 0.5) is 4.39 Å². The number of nitrogens with one attached hydrogen (secondary N) is 2. The molecular formula is C19H31FIN3O2. The number of nitrogens with zero attached hydrogens (tertiary/aromatic N) is 1. The lowest BCUT2D eigenvalue weighted by molar-refractivity contribution is 0.120. The van der Waals surface area contributed by atoms with E-state index in [0.29, 0.717) is 18.4 Å². The van der Waals surface area contributed by atoms with Gasteiger partial charge in [-0.2, -0.15) is 0 Å². The second kappa shape index (κ2) is 13.1. The predicted molar refractivity (Wildman–Crippen MR) is 114 cm³/mol. The van der Waals surface area contributed by atoms with E-state index in [-0.39, 0.29) is 35.9 Å². The van der Waals surface area contributed by atoms with Crippen molar-refractivity contribution < 1.29 is 14.2 Å². The number of halogens is 2. The molecule has 0 unspecified atom stereocenters. The summed E-state index contributed by atoms with van der Waals surface area (Å²) >= 11 is 0. The summed E-state index contributed by atoms with van der Waals surface area (Å²) in [5.74, 6) is 1.29. The molecule has 0 spiro atoms. The van der Waals surface area contributed by atoms with Crippen molar-refractivity contribution >= 4 is 29.9 Å². The number of ether oxygens (including phenoxy) is 1. The van der Waals surface area contributed by atoms with Crippen molar-refractivity contribution in [1.82, 2.24) is 10.6 Å². The Balaban J connectivity index is 0.00000338. The molecule has 1 aromatic carbocycles. The maximum absolute atomic E-state index is 12.8. The number of unbranched alkanes of at least 4 members (excludes halogenated alkanes) is 1. The van der Waals surface area contributed by atoms with Crippen LogP contribution < -0.4 is 15.4 Å². The average molecular weight is 479 g/mol. The van der Waals surface area contributed by atoms with Gasteiger partial charge in [0.2, 0.25) is 0 Å². The lowest BCUT2D eigenvalue weighted by Gasteiger charge is -2.27. The van der Waals surface area contributed by atoms with E-state index >= 15 is 0 Å². The van der Waals surface area contributed by atoms with Crippen LogP contribution in [-0.4, -0.2) is 42.9 Å². The van der Waals surface area contributed by atoms with Crippen LogP contribution in [0.15, 0.2) is 29.3 Å². The quantitative estimate of drug-likeness (QED) is 0.231. The number of benzene rings is 1. The summed E-state index contributed by atoms with van der Waals surface area (Å²) in [7, 11) is 0. The first-order valence-electron chi connectivity index (χ1n) is 9.28. The van der Waals surface area contributed by atoms with E-state index in [2.05, 4.69) is 22.5 Å². The molecule has 3 N–H and O–H groups in total. The van der Waals surface area contributed by atoms with Gasteiger partial charge in [0.15, 0.2) is 5.96 Å². The van der Waals surface area contributed by atoms with Gasteiger partial charge in [0.05, 0.1) is 12.7 Å². The van der Waals surface area contributed by atoms with Gasteiger partial charge in [0, 0.05) is 19.1 Å². The van der Waals surface area contributed by atoms with Gasteiger partial charge in [-0.15, -0.1) is 24.0 Å². The summed E-state index contributed by atoms with van der Waals surface area (Å²) in [6.45, 7) is 4.22. The van der Waals surface area contributed by atoms with Crippen molar-refractivity contribution in [2.75, 3.05) is 19.7 Å². The molecule has 5 nitrogen and oxygen atoms in total. The minimum absolute atomic E-state index is 0. The third-order valence-electron chi connectivity index (χ3n) is 4.29.